The second-order valence-corrected chi connectivity index (χ2v) is 7.43. The van der Waals surface area contributed by atoms with Crippen LogP contribution in [0, 0.1) is 16.7 Å². The lowest BCUT2D eigenvalue weighted by atomic mass is 9.80. The van der Waals surface area contributed by atoms with Gasteiger partial charge in [0.05, 0.1) is 10.5 Å². The van der Waals surface area contributed by atoms with Crippen molar-refractivity contribution in [2.45, 2.75) is 38.0 Å². The minimum absolute atomic E-state index is 0.00774. The van der Waals surface area contributed by atoms with Gasteiger partial charge in [0.25, 0.3) is 0 Å². The third-order valence-electron chi connectivity index (χ3n) is 4.13. The molecule has 0 aromatic heterocycles. The number of halogens is 1. The quantitative estimate of drug-likeness (QED) is 0.758. The smallest absolute Gasteiger partial charge is 0.241 e. The molecule has 0 spiro atoms. The van der Waals surface area contributed by atoms with Crippen LogP contribution in [0.2, 0.25) is 5.02 Å². The third kappa shape index (κ3) is 4.43. The minimum atomic E-state index is -3.80. The van der Waals surface area contributed by atoms with Crippen molar-refractivity contribution >= 4 is 21.6 Å². The van der Waals surface area contributed by atoms with Crippen molar-refractivity contribution in [2.24, 2.45) is 5.41 Å². The summed E-state index contributed by atoms with van der Waals surface area (Å²) in [6.45, 7) is 4.16. The highest BCUT2D eigenvalue weighted by molar-refractivity contribution is 7.89. The summed E-state index contributed by atoms with van der Waals surface area (Å²) in [5.41, 5.74) is -0.276. The van der Waals surface area contributed by atoms with Crippen LogP contribution in [0.3, 0.4) is 0 Å². The van der Waals surface area contributed by atoms with E-state index in [1.54, 1.807) is 0 Å². The highest BCUT2D eigenvalue weighted by atomic mass is 35.5. The summed E-state index contributed by atoms with van der Waals surface area (Å²) in [5, 5.41) is 18.6. The number of aliphatic hydroxyl groups excluding tert-OH is 1. The Labute approximate surface area is 137 Å². The second kappa shape index (κ2) is 7.93. The Morgan fingerprint density at radius 1 is 1.36 bits per heavy atom. The van der Waals surface area contributed by atoms with Crippen molar-refractivity contribution in [1.82, 2.24) is 4.72 Å². The highest BCUT2D eigenvalue weighted by Gasteiger charge is 2.29. The zero-order valence-electron chi connectivity index (χ0n) is 12.8. The lowest BCUT2D eigenvalue weighted by Crippen LogP contribution is -2.37. The molecule has 0 aliphatic rings. The van der Waals surface area contributed by atoms with Crippen molar-refractivity contribution in [3.8, 4) is 6.07 Å². The fourth-order valence-electron chi connectivity index (χ4n) is 2.33. The fraction of sp³-hybridized carbons (Fsp3) is 0.533. The summed E-state index contributed by atoms with van der Waals surface area (Å²) in [6, 6.07) is 5.95. The van der Waals surface area contributed by atoms with E-state index in [9.17, 15) is 13.5 Å². The van der Waals surface area contributed by atoms with E-state index in [1.807, 2.05) is 19.9 Å². The van der Waals surface area contributed by atoms with Gasteiger partial charge in [0.1, 0.15) is 6.07 Å². The number of hydrogen-bond acceptors (Lipinski definition) is 4. The Hall–Kier alpha value is -1.13. The Bertz CT molecular complexity index is 649. The van der Waals surface area contributed by atoms with Crippen LogP contribution in [0.5, 0.6) is 0 Å². The Balaban J connectivity index is 3.04. The second-order valence-electron chi connectivity index (χ2n) is 5.26. The number of rotatable bonds is 8. The summed E-state index contributed by atoms with van der Waals surface area (Å²) in [4.78, 5) is -0.0792. The molecular formula is C15H21ClN2O3S. The van der Waals surface area contributed by atoms with Crippen LogP contribution < -0.4 is 4.72 Å². The normalized spacial score (nSPS) is 12.1. The van der Waals surface area contributed by atoms with E-state index >= 15 is 0 Å². The van der Waals surface area contributed by atoms with Crippen LogP contribution in [0.15, 0.2) is 23.1 Å². The number of aliphatic hydroxyl groups is 1. The Morgan fingerprint density at radius 3 is 2.50 bits per heavy atom. The molecule has 0 radical (unpaired) electrons. The van der Waals surface area contributed by atoms with Gasteiger partial charge >= 0.3 is 0 Å². The Morgan fingerprint density at radius 2 is 2.00 bits per heavy atom. The molecule has 0 aliphatic carbocycles. The molecule has 5 nitrogen and oxygen atoms in total. The number of nitrogens with zero attached hydrogens (tertiary/aromatic N) is 1. The van der Waals surface area contributed by atoms with Crippen molar-refractivity contribution in [3.05, 3.63) is 28.8 Å². The molecular weight excluding hydrogens is 324 g/mol. The van der Waals surface area contributed by atoms with E-state index in [4.69, 9.17) is 16.9 Å². The van der Waals surface area contributed by atoms with E-state index in [1.165, 1.54) is 18.2 Å². The molecule has 0 saturated carbocycles. The number of sulfonamides is 1. The van der Waals surface area contributed by atoms with Gasteiger partial charge in [0, 0.05) is 18.2 Å². The van der Waals surface area contributed by atoms with Crippen LogP contribution in [-0.2, 0) is 10.0 Å². The zero-order valence-corrected chi connectivity index (χ0v) is 14.3. The predicted molar refractivity (Wildman–Crippen MR) is 86.1 cm³/mol. The number of benzene rings is 1. The van der Waals surface area contributed by atoms with E-state index in [0.717, 1.165) is 12.8 Å². The first-order valence-electron chi connectivity index (χ1n) is 7.14. The molecule has 1 aromatic rings. The highest BCUT2D eigenvalue weighted by Crippen LogP contribution is 2.30. The zero-order chi connectivity index (χ0) is 16.8. The molecule has 0 saturated heterocycles. The average molecular weight is 345 g/mol. The molecule has 7 heteroatoms. The molecule has 0 bridgehead atoms. The van der Waals surface area contributed by atoms with Gasteiger partial charge in [0.15, 0.2) is 0 Å². The molecule has 0 amide bonds. The van der Waals surface area contributed by atoms with Crippen LogP contribution in [0.25, 0.3) is 0 Å². The van der Waals surface area contributed by atoms with Gasteiger partial charge < -0.3 is 5.11 Å². The largest absolute Gasteiger partial charge is 0.396 e. The van der Waals surface area contributed by atoms with Crippen molar-refractivity contribution in [3.63, 3.8) is 0 Å². The van der Waals surface area contributed by atoms with E-state index < -0.39 is 10.0 Å². The van der Waals surface area contributed by atoms with Gasteiger partial charge in [-0.05, 0) is 42.9 Å². The number of nitriles is 1. The lowest BCUT2D eigenvalue weighted by molar-refractivity contribution is 0.170. The summed E-state index contributed by atoms with van der Waals surface area (Å²) in [7, 11) is -3.80. The molecule has 0 unspecified atom stereocenters. The average Bonchev–Trinajstić information content (AvgIpc) is 2.51. The van der Waals surface area contributed by atoms with Gasteiger partial charge in [-0.3, -0.25) is 0 Å². The van der Waals surface area contributed by atoms with Crippen LogP contribution in [0.1, 0.15) is 38.7 Å². The summed E-state index contributed by atoms with van der Waals surface area (Å²) >= 11 is 5.79. The molecule has 1 rings (SSSR count). The first-order chi connectivity index (χ1) is 10.3. The summed E-state index contributed by atoms with van der Waals surface area (Å²) in [6.07, 6.45) is 2.02. The van der Waals surface area contributed by atoms with E-state index in [-0.39, 0.29) is 29.0 Å². The van der Waals surface area contributed by atoms with E-state index in [0.29, 0.717) is 11.4 Å². The van der Waals surface area contributed by atoms with Gasteiger partial charge in [-0.2, -0.15) is 5.26 Å². The minimum Gasteiger partial charge on any atom is -0.396 e. The van der Waals surface area contributed by atoms with Gasteiger partial charge in [-0.1, -0.05) is 25.4 Å². The van der Waals surface area contributed by atoms with Gasteiger partial charge in [0.2, 0.25) is 10.0 Å². The topological polar surface area (TPSA) is 90.2 Å². The molecule has 1 aromatic carbocycles. The number of hydrogen-bond donors (Lipinski definition) is 2. The number of nitrogens with one attached hydrogen (secondary N) is 1. The van der Waals surface area contributed by atoms with Crippen molar-refractivity contribution < 1.29 is 13.5 Å². The molecule has 0 aliphatic heterocycles. The van der Waals surface area contributed by atoms with Crippen molar-refractivity contribution in [1.29, 1.82) is 5.26 Å². The lowest BCUT2D eigenvalue weighted by Gasteiger charge is -2.31. The monoisotopic (exact) mass is 344 g/mol. The van der Waals surface area contributed by atoms with Crippen LogP contribution in [0.4, 0.5) is 0 Å². The third-order valence-corrected chi connectivity index (χ3v) is 5.83. The first-order valence-corrected chi connectivity index (χ1v) is 9.00. The maximum Gasteiger partial charge on any atom is 0.241 e. The van der Waals surface area contributed by atoms with Crippen molar-refractivity contribution in [2.75, 3.05) is 13.2 Å². The summed E-state index contributed by atoms with van der Waals surface area (Å²) < 4.78 is 27.4. The van der Waals surface area contributed by atoms with Crippen LogP contribution in [-0.4, -0.2) is 26.7 Å². The predicted octanol–water partition coefficient (Wildman–Crippen LogP) is 2.68. The molecule has 0 fully saturated rings. The molecule has 0 heterocycles. The fourth-order valence-corrected chi connectivity index (χ4v) is 3.79. The van der Waals surface area contributed by atoms with Gasteiger partial charge in [-0.25, -0.2) is 13.1 Å². The van der Waals surface area contributed by atoms with Gasteiger partial charge in [-0.15, -0.1) is 0 Å². The maximum absolute atomic E-state index is 12.4. The first kappa shape index (κ1) is 18.9. The molecule has 122 valence electrons. The molecule has 2 N–H and O–H groups in total. The SMILES string of the molecule is CCC(CC)(CCO)CNS(=O)(=O)c1ccc(Cl)cc1C#N. The molecule has 22 heavy (non-hydrogen) atoms. The standard InChI is InChI=1S/C15H21ClN2O3S/c1-3-15(4-2,7-8-19)11-18-22(20,21)14-6-5-13(16)9-12(14)10-17/h5-6,9,18-19H,3-4,7-8,11H2,1-2H3. The molecule has 0 atom stereocenters. The summed E-state index contributed by atoms with van der Waals surface area (Å²) in [5.74, 6) is 0. The van der Waals surface area contributed by atoms with E-state index in [2.05, 4.69) is 4.72 Å². The Kier molecular flexibility index (Phi) is 6.82. The maximum atomic E-state index is 12.4. The van der Waals surface area contributed by atoms with Crippen LogP contribution >= 0.6 is 11.6 Å².